The molecule has 2 nitrogen and oxygen atoms in total. The molecule has 19 heavy (non-hydrogen) atoms. The highest BCUT2D eigenvalue weighted by molar-refractivity contribution is 5.71. The number of hydrogen-bond donors (Lipinski definition) is 1. The Labute approximate surface area is 116 Å². The number of benzene rings is 1. The Balaban J connectivity index is 1.90. The fourth-order valence-corrected chi connectivity index (χ4v) is 3.23. The number of carbonyl (C=O) groups is 1. The third-order valence-corrected chi connectivity index (χ3v) is 4.40. The van der Waals surface area contributed by atoms with Crippen LogP contribution < -0.4 is 5.32 Å². The molecule has 1 amide bonds. The lowest BCUT2D eigenvalue weighted by molar-refractivity contribution is -0.105. The summed E-state index contributed by atoms with van der Waals surface area (Å²) < 4.78 is 0. The third kappa shape index (κ3) is 4.09. The summed E-state index contributed by atoms with van der Waals surface area (Å²) in [4.78, 5) is 10.5. The van der Waals surface area contributed by atoms with Crippen LogP contribution in [-0.4, -0.2) is 6.41 Å². The van der Waals surface area contributed by atoms with Crippen LogP contribution in [0.3, 0.4) is 0 Å². The summed E-state index contributed by atoms with van der Waals surface area (Å²) in [5.41, 5.74) is 2.31. The second kappa shape index (κ2) is 7.32. The number of nitrogens with one attached hydrogen (secondary N) is 1. The van der Waals surface area contributed by atoms with Gasteiger partial charge in [0, 0.05) is 5.69 Å². The zero-order valence-corrected chi connectivity index (χ0v) is 11.9. The van der Waals surface area contributed by atoms with Gasteiger partial charge in [-0.25, -0.2) is 0 Å². The van der Waals surface area contributed by atoms with Crippen molar-refractivity contribution in [1.82, 2.24) is 0 Å². The maximum Gasteiger partial charge on any atom is 0.211 e. The number of anilines is 1. The maximum atomic E-state index is 10.5. The van der Waals surface area contributed by atoms with Crippen LogP contribution >= 0.6 is 0 Å². The van der Waals surface area contributed by atoms with E-state index in [1.807, 2.05) is 12.1 Å². The van der Waals surface area contributed by atoms with Crippen molar-refractivity contribution in [2.75, 3.05) is 5.32 Å². The first kappa shape index (κ1) is 14.1. The van der Waals surface area contributed by atoms with E-state index in [4.69, 9.17) is 0 Å². The van der Waals surface area contributed by atoms with Gasteiger partial charge in [0.2, 0.25) is 6.41 Å². The van der Waals surface area contributed by atoms with E-state index in [0.717, 1.165) is 18.0 Å². The second-order valence-electron chi connectivity index (χ2n) is 5.75. The zero-order valence-electron chi connectivity index (χ0n) is 11.9. The van der Waals surface area contributed by atoms with E-state index in [1.165, 1.54) is 50.5 Å². The molecule has 1 fully saturated rings. The molecule has 1 saturated carbocycles. The van der Waals surface area contributed by atoms with E-state index in [0.29, 0.717) is 5.92 Å². The van der Waals surface area contributed by atoms with Crippen LogP contribution in [0.15, 0.2) is 24.3 Å². The summed E-state index contributed by atoms with van der Waals surface area (Å²) >= 11 is 0. The minimum atomic E-state index is 0.686. The van der Waals surface area contributed by atoms with Crippen LogP contribution in [0.4, 0.5) is 5.69 Å². The van der Waals surface area contributed by atoms with Gasteiger partial charge in [-0.3, -0.25) is 4.79 Å². The van der Waals surface area contributed by atoms with Gasteiger partial charge in [-0.15, -0.1) is 0 Å². The monoisotopic (exact) mass is 259 g/mol. The highest BCUT2D eigenvalue weighted by atomic mass is 16.1. The number of carbonyl (C=O) groups excluding carboxylic acids is 1. The molecule has 2 rings (SSSR count). The Kier molecular flexibility index (Phi) is 5.44. The lowest BCUT2D eigenvalue weighted by atomic mass is 9.77. The molecule has 0 radical (unpaired) electrons. The average Bonchev–Trinajstić information content (AvgIpc) is 2.46. The van der Waals surface area contributed by atoms with Gasteiger partial charge < -0.3 is 5.32 Å². The molecular formula is C17H25NO. The van der Waals surface area contributed by atoms with E-state index in [9.17, 15) is 4.79 Å². The molecular weight excluding hydrogens is 234 g/mol. The average molecular weight is 259 g/mol. The van der Waals surface area contributed by atoms with Crippen LogP contribution in [0.25, 0.3) is 0 Å². The quantitative estimate of drug-likeness (QED) is 0.736. The Bertz CT molecular complexity index is 394. The summed E-state index contributed by atoms with van der Waals surface area (Å²) in [5.74, 6) is 1.64. The molecule has 0 unspecified atom stereocenters. The summed E-state index contributed by atoms with van der Waals surface area (Å²) in [6.45, 7) is 2.27. The van der Waals surface area contributed by atoms with Crippen LogP contribution in [0.1, 0.15) is 63.4 Å². The Morgan fingerprint density at radius 3 is 2.74 bits per heavy atom. The summed E-state index contributed by atoms with van der Waals surface area (Å²) in [5, 5.41) is 2.74. The summed E-state index contributed by atoms with van der Waals surface area (Å²) in [6.07, 6.45) is 10.2. The van der Waals surface area contributed by atoms with Gasteiger partial charge >= 0.3 is 0 Å². The molecule has 2 heteroatoms. The fourth-order valence-electron chi connectivity index (χ4n) is 3.23. The van der Waals surface area contributed by atoms with Crippen molar-refractivity contribution in [1.29, 1.82) is 0 Å². The standard InChI is InChI=1S/C17H25NO/c1-2-3-5-14-8-10-15(11-9-14)16-6-4-7-17(12-16)18-13-19/h4,6-7,12-15H,2-3,5,8-11H2,1H3,(H,18,19). The van der Waals surface area contributed by atoms with Gasteiger partial charge in [-0.1, -0.05) is 38.3 Å². The Morgan fingerprint density at radius 2 is 2.05 bits per heavy atom. The van der Waals surface area contributed by atoms with Crippen molar-refractivity contribution in [2.24, 2.45) is 5.92 Å². The van der Waals surface area contributed by atoms with Gasteiger partial charge in [-0.2, -0.15) is 0 Å². The molecule has 1 N–H and O–H groups in total. The number of hydrogen-bond acceptors (Lipinski definition) is 1. The number of amides is 1. The molecule has 0 saturated heterocycles. The Hall–Kier alpha value is -1.31. The van der Waals surface area contributed by atoms with Gasteiger partial charge in [0.25, 0.3) is 0 Å². The molecule has 1 aliphatic rings. The fraction of sp³-hybridized carbons (Fsp3) is 0.588. The first-order valence-electron chi connectivity index (χ1n) is 7.63. The summed E-state index contributed by atoms with van der Waals surface area (Å²) in [7, 11) is 0. The van der Waals surface area contributed by atoms with E-state index in [2.05, 4.69) is 24.4 Å². The summed E-state index contributed by atoms with van der Waals surface area (Å²) in [6, 6.07) is 8.33. The van der Waals surface area contributed by atoms with E-state index >= 15 is 0 Å². The molecule has 1 aliphatic carbocycles. The third-order valence-electron chi connectivity index (χ3n) is 4.40. The molecule has 0 atom stereocenters. The van der Waals surface area contributed by atoms with Crippen molar-refractivity contribution in [3.63, 3.8) is 0 Å². The van der Waals surface area contributed by atoms with Gasteiger partial charge in [0.05, 0.1) is 0 Å². The van der Waals surface area contributed by atoms with Crippen LogP contribution in [-0.2, 0) is 4.79 Å². The smallest absolute Gasteiger partial charge is 0.211 e. The van der Waals surface area contributed by atoms with Crippen LogP contribution in [0.5, 0.6) is 0 Å². The first-order valence-corrected chi connectivity index (χ1v) is 7.63. The molecule has 104 valence electrons. The van der Waals surface area contributed by atoms with Crippen molar-refractivity contribution < 1.29 is 4.79 Å². The minimum absolute atomic E-state index is 0.686. The lowest BCUT2D eigenvalue weighted by Gasteiger charge is -2.29. The van der Waals surface area contributed by atoms with E-state index in [1.54, 1.807) is 0 Å². The molecule has 0 aromatic heterocycles. The van der Waals surface area contributed by atoms with Crippen molar-refractivity contribution in [2.45, 2.75) is 57.8 Å². The minimum Gasteiger partial charge on any atom is -0.329 e. The second-order valence-corrected chi connectivity index (χ2v) is 5.75. The predicted molar refractivity (Wildman–Crippen MR) is 80.4 cm³/mol. The van der Waals surface area contributed by atoms with Crippen LogP contribution in [0.2, 0.25) is 0 Å². The first-order chi connectivity index (χ1) is 9.33. The lowest BCUT2D eigenvalue weighted by Crippen LogP contribution is -2.13. The van der Waals surface area contributed by atoms with Crippen molar-refractivity contribution in [3.05, 3.63) is 29.8 Å². The predicted octanol–water partition coefficient (Wildman–Crippen LogP) is 4.72. The number of rotatable bonds is 6. The largest absolute Gasteiger partial charge is 0.329 e. The zero-order chi connectivity index (χ0) is 13.5. The molecule has 0 aliphatic heterocycles. The molecule has 0 heterocycles. The Morgan fingerprint density at radius 1 is 1.26 bits per heavy atom. The molecule has 1 aromatic carbocycles. The highest BCUT2D eigenvalue weighted by Gasteiger charge is 2.21. The highest BCUT2D eigenvalue weighted by Crippen LogP contribution is 2.38. The van der Waals surface area contributed by atoms with Crippen LogP contribution in [0, 0.1) is 5.92 Å². The molecule has 0 bridgehead atoms. The van der Waals surface area contributed by atoms with Crippen molar-refractivity contribution >= 4 is 12.1 Å². The van der Waals surface area contributed by atoms with Crippen molar-refractivity contribution in [3.8, 4) is 0 Å². The van der Waals surface area contributed by atoms with E-state index in [-0.39, 0.29) is 0 Å². The van der Waals surface area contributed by atoms with Gasteiger partial charge in [0.1, 0.15) is 0 Å². The molecule has 1 aromatic rings. The normalized spacial score (nSPS) is 23.0. The van der Waals surface area contributed by atoms with Gasteiger partial charge in [-0.05, 0) is 55.2 Å². The number of unbranched alkanes of at least 4 members (excludes halogenated alkanes) is 1. The molecule has 0 spiro atoms. The van der Waals surface area contributed by atoms with Gasteiger partial charge in [0.15, 0.2) is 0 Å². The maximum absolute atomic E-state index is 10.5. The SMILES string of the molecule is CCCCC1CCC(c2cccc(NC=O)c2)CC1. The van der Waals surface area contributed by atoms with E-state index < -0.39 is 0 Å². The topological polar surface area (TPSA) is 29.1 Å².